The summed E-state index contributed by atoms with van der Waals surface area (Å²) in [5, 5.41) is 13.4. The van der Waals surface area contributed by atoms with E-state index in [-0.39, 0.29) is 23.8 Å². The summed E-state index contributed by atoms with van der Waals surface area (Å²) in [4.78, 5) is 6.00. The lowest BCUT2D eigenvalue weighted by Crippen LogP contribution is -2.52. The van der Waals surface area contributed by atoms with Gasteiger partial charge in [0.15, 0.2) is 0 Å². The van der Waals surface area contributed by atoms with Crippen molar-refractivity contribution >= 4 is 5.82 Å². The molecule has 174 valence electrons. The van der Waals surface area contributed by atoms with Crippen LogP contribution in [0.2, 0.25) is 0 Å². The normalized spacial score (nSPS) is 28.2. The highest BCUT2D eigenvalue weighted by Gasteiger charge is 2.59. The van der Waals surface area contributed by atoms with E-state index in [1.165, 1.54) is 10.9 Å². The van der Waals surface area contributed by atoms with Gasteiger partial charge in [0, 0.05) is 55.0 Å². The maximum Gasteiger partial charge on any atom is 0.419 e. The van der Waals surface area contributed by atoms with Crippen molar-refractivity contribution in [2.75, 3.05) is 25.4 Å². The van der Waals surface area contributed by atoms with E-state index >= 15 is 0 Å². The number of rotatable bonds is 6. The molecule has 5 rings (SSSR count). The van der Waals surface area contributed by atoms with Gasteiger partial charge in [0.2, 0.25) is 0 Å². The van der Waals surface area contributed by atoms with Gasteiger partial charge in [0.05, 0.1) is 11.3 Å². The van der Waals surface area contributed by atoms with Gasteiger partial charge in [-0.05, 0) is 36.8 Å². The highest BCUT2D eigenvalue weighted by atomic mass is 19.4. The summed E-state index contributed by atoms with van der Waals surface area (Å²) in [5.41, 5.74) is 5.24. The quantitative estimate of drug-likeness (QED) is 0.652. The van der Waals surface area contributed by atoms with Crippen LogP contribution in [-0.4, -0.2) is 56.9 Å². The Kier molecular flexibility index (Phi) is 5.16. The molecule has 0 unspecified atom stereocenters. The first-order valence-corrected chi connectivity index (χ1v) is 10.7. The molecule has 1 saturated heterocycles. The van der Waals surface area contributed by atoms with E-state index in [2.05, 4.69) is 15.0 Å². The molecule has 2 aromatic rings. The predicted molar refractivity (Wildman–Crippen MR) is 106 cm³/mol. The molecule has 0 spiro atoms. The van der Waals surface area contributed by atoms with E-state index in [4.69, 9.17) is 5.73 Å². The minimum Gasteiger partial charge on any atom is -0.396 e. The van der Waals surface area contributed by atoms with Crippen LogP contribution in [-0.2, 0) is 12.7 Å². The molecule has 3 heterocycles. The molecule has 32 heavy (non-hydrogen) atoms. The third kappa shape index (κ3) is 3.75. The fraction of sp³-hybridized carbons (Fsp3) is 0.619. The van der Waals surface area contributed by atoms with Gasteiger partial charge in [-0.1, -0.05) is 0 Å². The third-order valence-corrected chi connectivity index (χ3v) is 7.16. The Hall–Kier alpha value is -2.27. The number of aromatic nitrogens is 3. The van der Waals surface area contributed by atoms with E-state index in [9.17, 15) is 27.1 Å². The monoisotopic (exact) mass is 457 g/mol. The molecular weight excluding hydrogens is 433 g/mol. The number of hydrogen-bond acceptors (Lipinski definition) is 5. The molecule has 2 aliphatic carbocycles. The maximum atomic E-state index is 13.2. The fourth-order valence-corrected chi connectivity index (χ4v) is 5.53. The number of likely N-dealkylation sites (tertiary alicyclic amines) is 1. The maximum absolute atomic E-state index is 13.2. The number of pyridine rings is 1. The molecule has 0 bridgehead atoms. The topological polar surface area (TPSA) is 80.2 Å². The largest absolute Gasteiger partial charge is 0.419 e. The number of nitrogen functional groups attached to an aromatic ring is 1. The smallest absolute Gasteiger partial charge is 0.396 e. The summed E-state index contributed by atoms with van der Waals surface area (Å²) in [7, 11) is 0. The number of anilines is 1. The van der Waals surface area contributed by atoms with E-state index in [0.717, 1.165) is 32.0 Å². The summed E-state index contributed by atoms with van der Waals surface area (Å²) < 4.78 is 67.3. The number of halogens is 5. The minimum absolute atomic E-state index is 0.0880. The number of nitrogens with zero attached hydrogens (tertiary/aromatic N) is 4. The Balaban J connectivity index is 1.37. The minimum atomic E-state index is -4.67. The number of nitrogens with two attached hydrogens (primary N) is 1. The molecular formula is C21H24F5N5O. The summed E-state index contributed by atoms with van der Waals surface area (Å²) in [6, 6.07) is 2.94. The molecule has 1 aliphatic heterocycles. The van der Waals surface area contributed by atoms with Gasteiger partial charge < -0.3 is 10.8 Å². The number of fused-ring (bicyclic) bond motifs is 1. The zero-order chi connectivity index (χ0) is 22.8. The van der Waals surface area contributed by atoms with Crippen molar-refractivity contribution in [3.63, 3.8) is 0 Å². The third-order valence-electron chi connectivity index (χ3n) is 7.16. The van der Waals surface area contributed by atoms with Gasteiger partial charge in [0.25, 0.3) is 6.43 Å². The first-order valence-electron chi connectivity index (χ1n) is 10.7. The molecule has 3 aliphatic rings. The first kappa shape index (κ1) is 21.6. The second-order valence-electron chi connectivity index (χ2n) is 9.16. The highest BCUT2D eigenvalue weighted by Crippen LogP contribution is 2.64. The van der Waals surface area contributed by atoms with Crippen LogP contribution in [0.1, 0.15) is 30.0 Å². The second-order valence-corrected chi connectivity index (χ2v) is 9.16. The Morgan fingerprint density at radius 1 is 1.16 bits per heavy atom. The number of aliphatic hydroxyl groups is 1. The van der Waals surface area contributed by atoms with Crippen LogP contribution < -0.4 is 5.73 Å². The fourth-order valence-electron chi connectivity index (χ4n) is 5.53. The average molecular weight is 457 g/mol. The van der Waals surface area contributed by atoms with E-state index in [1.54, 1.807) is 6.07 Å². The lowest BCUT2D eigenvalue weighted by molar-refractivity contribution is -0.137. The van der Waals surface area contributed by atoms with Gasteiger partial charge in [-0.2, -0.15) is 18.3 Å². The zero-order valence-electron chi connectivity index (χ0n) is 17.1. The molecule has 6 nitrogen and oxygen atoms in total. The van der Waals surface area contributed by atoms with Gasteiger partial charge in [-0.3, -0.25) is 9.58 Å². The summed E-state index contributed by atoms with van der Waals surface area (Å²) in [6.07, 6.45) is -4.18. The molecule has 11 heteroatoms. The summed E-state index contributed by atoms with van der Waals surface area (Å²) >= 11 is 0. The van der Waals surface area contributed by atoms with Gasteiger partial charge in [-0.25, -0.2) is 13.8 Å². The molecule has 2 saturated carbocycles. The van der Waals surface area contributed by atoms with Crippen molar-refractivity contribution in [2.24, 2.45) is 17.8 Å². The lowest BCUT2D eigenvalue weighted by atomic mass is 9.95. The van der Waals surface area contributed by atoms with Gasteiger partial charge in [-0.15, -0.1) is 0 Å². The number of aliphatic hydroxyl groups excluding tert-OH is 1. The summed E-state index contributed by atoms with van der Waals surface area (Å²) in [6.45, 7) is 1.38. The SMILES string of the molecule is Nc1ncc(-c2cc([C@H]3[C@@H]4C[C@@H](N5CC(CO)C5)C[C@@H]43)n(CC(F)F)n2)cc1C(F)(F)F. The van der Waals surface area contributed by atoms with Crippen molar-refractivity contribution in [3.8, 4) is 11.3 Å². The van der Waals surface area contributed by atoms with Gasteiger partial charge >= 0.3 is 6.18 Å². The van der Waals surface area contributed by atoms with Crippen LogP contribution in [0.5, 0.6) is 0 Å². The van der Waals surface area contributed by atoms with Crippen molar-refractivity contribution in [1.29, 1.82) is 0 Å². The van der Waals surface area contributed by atoms with Crippen LogP contribution in [0.3, 0.4) is 0 Å². The summed E-state index contributed by atoms with van der Waals surface area (Å²) in [5.74, 6) is 0.525. The molecule has 0 amide bonds. The Labute approximate surface area is 181 Å². The van der Waals surface area contributed by atoms with Crippen LogP contribution in [0, 0.1) is 17.8 Å². The second kappa shape index (κ2) is 7.65. The average Bonchev–Trinajstić information content (AvgIpc) is 3.00. The van der Waals surface area contributed by atoms with Crippen LogP contribution in [0.15, 0.2) is 18.3 Å². The number of hydrogen-bond donors (Lipinski definition) is 2. The zero-order valence-corrected chi connectivity index (χ0v) is 17.1. The molecule has 3 N–H and O–H groups in total. The number of alkyl halides is 5. The van der Waals surface area contributed by atoms with Crippen molar-refractivity contribution < 1.29 is 27.1 Å². The van der Waals surface area contributed by atoms with E-state index < -0.39 is 30.5 Å². The van der Waals surface area contributed by atoms with Crippen molar-refractivity contribution in [2.45, 2.75) is 43.9 Å². The standard InChI is InChI=1S/C21H24F5N5O/c22-18(23)8-31-17(19-13-2-12(3-14(13)19)30-6-10(7-30)9-32)4-16(29-31)11-1-15(21(24,25)26)20(27)28-5-11/h1,4-5,10,12-14,18-19,32H,2-3,6-9H2,(H2,27,28)/t12-,13-,14+,19+. The lowest BCUT2D eigenvalue weighted by Gasteiger charge is -2.43. The van der Waals surface area contributed by atoms with Crippen LogP contribution in [0.4, 0.5) is 27.8 Å². The molecule has 3 fully saturated rings. The Morgan fingerprint density at radius 2 is 1.84 bits per heavy atom. The van der Waals surface area contributed by atoms with Crippen molar-refractivity contribution in [3.05, 3.63) is 29.6 Å². The van der Waals surface area contributed by atoms with Crippen molar-refractivity contribution in [1.82, 2.24) is 19.7 Å². The first-order chi connectivity index (χ1) is 15.2. The molecule has 0 aromatic carbocycles. The molecule has 2 aromatic heterocycles. The molecule has 0 radical (unpaired) electrons. The molecule has 4 atom stereocenters. The highest BCUT2D eigenvalue weighted by molar-refractivity contribution is 5.63. The predicted octanol–water partition coefficient (Wildman–Crippen LogP) is 3.23. The van der Waals surface area contributed by atoms with Crippen LogP contribution in [0.25, 0.3) is 11.3 Å². The van der Waals surface area contributed by atoms with E-state index in [1.807, 2.05) is 0 Å². The van der Waals surface area contributed by atoms with Crippen LogP contribution >= 0.6 is 0 Å². The van der Waals surface area contributed by atoms with E-state index in [0.29, 0.717) is 29.5 Å². The van der Waals surface area contributed by atoms with Gasteiger partial charge in [0.1, 0.15) is 12.4 Å². The Morgan fingerprint density at radius 3 is 2.44 bits per heavy atom. The Bertz CT molecular complexity index is 991.